The zero-order chi connectivity index (χ0) is 21.4. The molecule has 5 aromatic rings. The molecular formula is C24H23N5O2. The van der Waals surface area contributed by atoms with Crippen molar-refractivity contribution in [2.45, 2.75) is 26.7 Å². The van der Waals surface area contributed by atoms with Crippen molar-refractivity contribution in [3.05, 3.63) is 77.3 Å². The topological polar surface area (TPSA) is 88.2 Å². The Kier molecular flexibility index (Phi) is 4.78. The van der Waals surface area contributed by atoms with E-state index in [0.717, 1.165) is 18.4 Å². The lowest BCUT2D eigenvalue weighted by molar-refractivity contribution is 0.0955. The van der Waals surface area contributed by atoms with Gasteiger partial charge in [0.15, 0.2) is 11.4 Å². The van der Waals surface area contributed by atoms with Crippen LogP contribution in [0, 0.1) is 6.92 Å². The van der Waals surface area contributed by atoms with E-state index in [-0.39, 0.29) is 5.91 Å². The van der Waals surface area contributed by atoms with Gasteiger partial charge in [-0.05, 0) is 54.8 Å². The quantitative estimate of drug-likeness (QED) is 0.434. The molecule has 0 aliphatic carbocycles. The van der Waals surface area contributed by atoms with Gasteiger partial charge in [0.1, 0.15) is 0 Å². The zero-order valence-electron chi connectivity index (χ0n) is 17.5. The number of pyridine rings is 1. The number of carbonyl (C=O) groups excluding carboxylic acids is 1. The summed E-state index contributed by atoms with van der Waals surface area (Å²) < 4.78 is 7.19. The number of hydrogen-bond acceptors (Lipinski definition) is 4. The summed E-state index contributed by atoms with van der Waals surface area (Å²) in [5.74, 6) is 0.996. The van der Waals surface area contributed by atoms with Crippen LogP contribution in [0.2, 0.25) is 0 Å². The van der Waals surface area contributed by atoms with Crippen LogP contribution in [-0.2, 0) is 12.8 Å². The number of fused-ring (bicyclic) bond motifs is 2. The molecule has 0 saturated carbocycles. The summed E-state index contributed by atoms with van der Waals surface area (Å²) in [6.07, 6.45) is 5.09. The predicted octanol–water partition coefficient (Wildman–Crippen LogP) is 4.31. The highest BCUT2D eigenvalue weighted by Crippen LogP contribution is 2.24. The van der Waals surface area contributed by atoms with Crippen molar-refractivity contribution in [3.63, 3.8) is 0 Å². The molecule has 7 nitrogen and oxygen atoms in total. The number of aromatic amines is 1. The van der Waals surface area contributed by atoms with E-state index in [9.17, 15) is 4.79 Å². The summed E-state index contributed by atoms with van der Waals surface area (Å²) in [5.41, 5.74) is 5.84. The Morgan fingerprint density at radius 3 is 2.90 bits per heavy atom. The monoisotopic (exact) mass is 413 g/mol. The largest absolute Gasteiger partial charge is 0.461 e. The van der Waals surface area contributed by atoms with Crippen molar-refractivity contribution in [2.24, 2.45) is 0 Å². The summed E-state index contributed by atoms with van der Waals surface area (Å²) >= 11 is 0. The summed E-state index contributed by atoms with van der Waals surface area (Å²) in [5, 5.41) is 12.7. The summed E-state index contributed by atoms with van der Waals surface area (Å²) in [7, 11) is 0. The van der Waals surface area contributed by atoms with Gasteiger partial charge < -0.3 is 14.7 Å². The number of rotatable bonds is 6. The van der Waals surface area contributed by atoms with Crippen LogP contribution >= 0.6 is 0 Å². The summed E-state index contributed by atoms with van der Waals surface area (Å²) in [6, 6.07) is 13.7. The van der Waals surface area contributed by atoms with E-state index in [0.29, 0.717) is 29.3 Å². The van der Waals surface area contributed by atoms with Gasteiger partial charge in [0.2, 0.25) is 5.82 Å². The molecule has 0 radical (unpaired) electrons. The fraction of sp³-hybridized carbons (Fsp3) is 0.208. The maximum Gasteiger partial charge on any atom is 0.255 e. The SMILES string of the molecule is CCc1c(CCNC(=O)c2cccn3c(-c4ccco4)nnc23)[nH]c2cc(C)ccc12. The number of nitrogens with zero attached hydrogens (tertiary/aromatic N) is 3. The second kappa shape index (κ2) is 7.75. The van der Waals surface area contributed by atoms with E-state index in [1.807, 2.05) is 18.3 Å². The number of carbonyl (C=O) groups is 1. The lowest BCUT2D eigenvalue weighted by Crippen LogP contribution is -2.26. The van der Waals surface area contributed by atoms with Gasteiger partial charge in [-0.3, -0.25) is 9.20 Å². The van der Waals surface area contributed by atoms with Crippen LogP contribution in [0.5, 0.6) is 0 Å². The number of amides is 1. The van der Waals surface area contributed by atoms with Crippen LogP contribution in [0.1, 0.15) is 34.1 Å². The Balaban J connectivity index is 1.35. The molecule has 2 N–H and O–H groups in total. The minimum absolute atomic E-state index is 0.172. The number of hydrogen-bond donors (Lipinski definition) is 2. The highest BCUT2D eigenvalue weighted by atomic mass is 16.3. The molecule has 1 aromatic carbocycles. The molecule has 7 heteroatoms. The van der Waals surface area contributed by atoms with Crippen molar-refractivity contribution in [1.29, 1.82) is 0 Å². The van der Waals surface area contributed by atoms with E-state index in [4.69, 9.17) is 4.42 Å². The number of furan rings is 1. The molecule has 0 unspecified atom stereocenters. The molecule has 0 aliphatic rings. The minimum Gasteiger partial charge on any atom is -0.461 e. The van der Waals surface area contributed by atoms with Gasteiger partial charge in [-0.2, -0.15) is 0 Å². The second-order valence-electron chi connectivity index (χ2n) is 7.61. The molecule has 0 fully saturated rings. The number of nitrogens with one attached hydrogen (secondary N) is 2. The number of benzene rings is 1. The van der Waals surface area contributed by atoms with E-state index in [1.54, 1.807) is 22.8 Å². The third-order valence-corrected chi connectivity index (χ3v) is 5.59. The summed E-state index contributed by atoms with van der Waals surface area (Å²) in [6.45, 7) is 4.78. The fourth-order valence-electron chi connectivity index (χ4n) is 4.11. The van der Waals surface area contributed by atoms with Crippen LogP contribution in [0.25, 0.3) is 28.1 Å². The standard InChI is InChI=1S/C24H23N5O2/c1-3-16-17-9-8-15(2)14-20(17)26-19(16)10-11-25-24(30)18-6-4-12-29-22(18)27-28-23(29)21-7-5-13-31-21/h4-9,12-14,26H,3,10-11H2,1-2H3,(H,25,30). The van der Waals surface area contributed by atoms with Crippen LogP contribution in [-0.4, -0.2) is 32.0 Å². The van der Waals surface area contributed by atoms with Crippen molar-refractivity contribution < 1.29 is 9.21 Å². The number of aryl methyl sites for hydroxylation is 2. The second-order valence-corrected chi connectivity index (χ2v) is 7.61. The molecule has 5 rings (SSSR count). The molecule has 0 spiro atoms. The molecule has 4 heterocycles. The molecule has 4 aromatic heterocycles. The van der Waals surface area contributed by atoms with Crippen LogP contribution in [0.4, 0.5) is 0 Å². The Morgan fingerprint density at radius 2 is 2.10 bits per heavy atom. The first-order valence-electron chi connectivity index (χ1n) is 10.4. The van der Waals surface area contributed by atoms with Gasteiger partial charge in [0.05, 0.1) is 11.8 Å². The van der Waals surface area contributed by atoms with Gasteiger partial charge >= 0.3 is 0 Å². The maximum atomic E-state index is 12.9. The highest BCUT2D eigenvalue weighted by Gasteiger charge is 2.17. The van der Waals surface area contributed by atoms with E-state index >= 15 is 0 Å². The highest BCUT2D eigenvalue weighted by molar-refractivity contribution is 6.00. The van der Waals surface area contributed by atoms with E-state index < -0.39 is 0 Å². The van der Waals surface area contributed by atoms with E-state index in [2.05, 4.69) is 52.5 Å². The average Bonchev–Trinajstić information content (AvgIpc) is 3.50. The van der Waals surface area contributed by atoms with Gasteiger partial charge in [-0.1, -0.05) is 19.1 Å². The summed E-state index contributed by atoms with van der Waals surface area (Å²) in [4.78, 5) is 16.4. The van der Waals surface area contributed by atoms with Gasteiger partial charge in [0, 0.05) is 35.8 Å². The smallest absolute Gasteiger partial charge is 0.255 e. The first-order chi connectivity index (χ1) is 15.2. The third-order valence-electron chi connectivity index (χ3n) is 5.59. The van der Waals surface area contributed by atoms with Crippen molar-refractivity contribution >= 4 is 22.5 Å². The van der Waals surface area contributed by atoms with Gasteiger partial charge in [-0.15, -0.1) is 10.2 Å². The molecule has 1 amide bonds. The third kappa shape index (κ3) is 3.38. The average molecular weight is 413 g/mol. The Hall–Kier alpha value is -3.87. The van der Waals surface area contributed by atoms with E-state index in [1.165, 1.54) is 22.2 Å². The fourth-order valence-corrected chi connectivity index (χ4v) is 4.11. The molecule has 0 atom stereocenters. The molecule has 31 heavy (non-hydrogen) atoms. The molecule has 0 bridgehead atoms. The van der Waals surface area contributed by atoms with Crippen LogP contribution in [0.3, 0.4) is 0 Å². The van der Waals surface area contributed by atoms with Crippen LogP contribution in [0.15, 0.2) is 59.3 Å². The molecule has 0 saturated heterocycles. The van der Waals surface area contributed by atoms with Gasteiger partial charge in [0.25, 0.3) is 5.91 Å². The number of H-pyrrole nitrogens is 1. The van der Waals surface area contributed by atoms with Crippen molar-refractivity contribution in [3.8, 4) is 11.6 Å². The Morgan fingerprint density at radius 1 is 1.19 bits per heavy atom. The Bertz CT molecular complexity index is 1380. The minimum atomic E-state index is -0.172. The lowest BCUT2D eigenvalue weighted by atomic mass is 10.1. The molecule has 0 aliphatic heterocycles. The van der Waals surface area contributed by atoms with Crippen molar-refractivity contribution in [2.75, 3.05) is 6.54 Å². The Labute approximate surface area is 179 Å². The van der Waals surface area contributed by atoms with Gasteiger partial charge in [-0.25, -0.2) is 0 Å². The predicted molar refractivity (Wildman–Crippen MR) is 119 cm³/mol. The molecule has 156 valence electrons. The first-order valence-corrected chi connectivity index (χ1v) is 10.4. The number of aromatic nitrogens is 4. The molecular weight excluding hydrogens is 390 g/mol. The normalized spacial score (nSPS) is 11.4. The first kappa shape index (κ1) is 19.1. The van der Waals surface area contributed by atoms with Crippen LogP contribution < -0.4 is 5.32 Å². The maximum absolute atomic E-state index is 12.9. The van der Waals surface area contributed by atoms with Crippen molar-refractivity contribution in [1.82, 2.24) is 24.9 Å². The lowest BCUT2D eigenvalue weighted by Gasteiger charge is -2.07. The zero-order valence-corrected chi connectivity index (χ0v) is 17.5.